The average Bonchev–Trinajstić information content (AvgIpc) is 2.94. The molecule has 0 rings (SSSR count). The Kier molecular flexibility index (Phi) is 21.1. The van der Waals surface area contributed by atoms with Crippen LogP contribution in [0.4, 0.5) is 114 Å². The van der Waals surface area contributed by atoms with Gasteiger partial charge in [0.2, 0.25) is 0 Å². The quantitative estimate of drug-likeness (QED) is 0.0477. The predicted octanol–water partition coefficient (Wildman–Crippen LogP) is 14.9. The van der Waals surface area contributed by atoms with Crippen LogP contribution in [0, 0.1) is 34.3 Å². The highest BCUT2D eigenvalue weighted by molar-refractivity contribution is 14.1. The van der Waals surface area contributed by atoms with Crippen molar-refractivity contribution in [2.24, 2.45) is 23.7 Å². The van der Waals surface area contributed by atoms with Crippen molar-refractivity contribution < 1.29 is 114 Å². The highest BCUT2D eigenvalue weighted by Crippen LogP contribution is 2.55. The van der Waals surface area contributed by atoms with Crippen LogP contribution in [-0.2, 0) is 0 Å². The Bertz CT molecular complexity index is 1140. The van der Waals surface area contributed by atoms with E-state index in [1.54, 1.807) is 28.0 Å². The maximum Gasteiger partial charge on any atom is 0.431 e. The van der Waals surface area contributed by atoms with Crippen LogP contribution in [0.5, 0.6) is 0 Å². The summed E-state index contributed by atoms with van der Waals surface area (Å²) in [5.41, 5.74) is -12.6. The van der Waals surface area contributed by atoms with Crippen LogP contribution in [0.1, 0.15) is 64.2 Å². The Morgan fingerprint density at radius 3 is 0.893 bits per heavy atom. The van der Waals surface area contributed by atoms with Crippen molar-refractivity contribution >= 4 is 34.4 Å². The molecule has 0 aliphatic rings. The largest absolute Gasteiger partial charge is 0.431 e. The van der Waals surface area contributed by atoms with E-state index in [9.17, 15) is 114 Å². The van der Waals surface area contributed by atoms with Gasteiger partial charge in [0.1, 0.15) is 5.40 Å². The van der Waals surface area contributed by atoms with E-state index in [1.807, 2.05) is 0 Å². The smallest absolute Gasteiger partial charge is 0.224 e. The molecule has 0 aromatic carbocycles. The van der Waals surface area contributed by atoms with Crippen molar-refractivity contribution in [3.05, 3.63) is 0 Å². The maximum atomic E-state index is 13.7. The summed E-state index contributed by atoms with van der Waals surface area (Å²) in [4.78, 5) is 0. The van der Waals surface area contributed by atoms with E-state index < -0.39 is 123 Å². The molecule has 4 atom stereocenters. The van der Waals surface area contributed by atoms with E-state index >= 15 is 0 Å². The standard InChI is InChI=1S/C14H14F13NS.C13H14F13I/c15-10(13(22,23)24,14(25,26)27)6-9(12(19,20)21)5-8(11(16,17)18)3-1-2-4-29-7-28;14-9(12(21,22)23,13(24,25)26)6-8(11(18,19)20)5-7(10(15,16)17)3-1-2-4-27/h8-9H,1-6H2;7-8H,1-6H2. The molecule has 0 aliphatic heterocycles. The number of alkyl halides is 27. The number of halogens is 27. The number of nitriles is 1. The van der Waals surface area contributed by atoms with Crippen LogP contribution in [0.15, 0.2) is 0 Å². The zero-order valence-electron chi connectivity index (χ0n) is 27.4. The first-order chi connectivity index (χ1) is 24.5. The summed E-state index contributed by atoms with van der Waals surface area (Å²) in [6.45, 7) is 0. The van der Waals surface area contributed by atoms with Crippen molar-refractivity contribution in [3.63, 3.8) is 0 Å². The summed E-state index contributed by atoms with van der Waals surface area (Å²) in [6.07, 6.45) is -62.9. The topological polar surface area (TPSA) is 23.8 Å². The zero-order chi connectivity index (χ0) is 45.2. The first-order valence-corrected chi connectivity index (χ1v) is 17.5. The van der Waals surface area contributed by atoms with Gasteiger partial charge in [-0.15, -0.1) is 0 Å². The third-order valence-electron chi connectivity index (χ3n) is 7.89. The van der Waals surface area contributed by atoms with Gasteiger partial charge in [0, 0.05) is 18.6 Å². The summed E-state index contributed by atoms with van der Waals surface area (Å²) in [5.74, 6) is -13.3. The van der Waals surface area contributed by atoms with E-state index in [0.717, 1.165) is 0 Å². The van der Waals surface area contributed by atoms with Gasteiger partial charge in [-0.2, -0.15) is 111 Å². The molecule has 0 spiro atoms. The fourth-order valence-corrected chi connectivity index (χ4v) is 5.72. The van der Waals surface area contributed by atoms with Crippen LogP contribution >= 0.6 is 34.4 Å². The number of hydrogen-bond donors (Lipinski definition) is 0. The second-order valence-corrected chi connectivity index (χ2v) is 14.0. The van der Waals surface area contributed by atoms with Gasteiger partial charge < -0.3 is 0 Å². The number of thioether (sulfide) groups is 1. The lowest BCUT2D eigenvalue weighted by Gasteiger charge is -2.35. The van der Waals surface area contributed by atoms with Gasteiger partial charge in [0.15, 0.2) is 0 Å². The van der Waals surface area contributed by atoms with Crippen molar-refractivity contribution in [3.8, 4) is 5.40 Å². The summed E-state index contributed by atoms with van der Waals surface area (Å²) < 4.78 is 333. The molecule has 56 heavy (non-hydrogen) atoms. The highest BCUT2D eigenvalue weighted by Gasteiger charge is 2.75. The third-order valence-corrected chi connectivity index (χ3v) is 9.28. The summed E-state index contributed by atoms with van der Waals surface area (Å²) in [6, 6.07) is 0. The van der Waals surface area contributed by atoms with Crippen LogP contribution in [0.3, 0.4) is 0 Å². The van der Waals surface area contributed by atoms with E-state index in [2.05, 4.69) is 0 Å². The molecule has 0 radical (unpaired) electrons. The molecule has 0 aliphatic carbocycles. The second-order valence-electron chi connectivity index (χ2n) is 12.0. The normalized spacial score (nSPS) is 16.8. The molecular weight excluding hydrogens is 991 g/mol. The fourth-order valence-electron chi connectivity index (χ4n) is 4.74. The van der Waals surface area contributed by atoms with Gasteiger partial charge in [-0.05, 0) is 54.7 Å². The minimum Gasteiger partial charge on any atom is -0.224 e. The number of thiocyanates is 1. The summed E-state index contributed by atoms with van der Waals surface area (Å²) >= 11 is 2.41. The molecular formula is C27H28F26INS. The van der Waals surface area contributed by atoms with Crippen LogP contribution in [0.25, 0.3) is 0 Å². The zero-order valence-corrected chi connectivity index (χ0v) is 30.3. The predicted molar refractivity (Wildman–Crippen MR) is 153 cm³/mol. The number of hydrogen-bond acceptors (Lipinski definition) is 2. The third kappa shape index (κ3) is 17.9. The Labute approximate surface area is 317 Å². The molecule has 0 aromatic heterocycles. The molecule has 29 heteroatoms. The second kappa shape index (κ2) is 20.8. The highest BCUT2D eigenvalue weighted by atomic mass is 127. The fraction of sp³-hybridized carbons (Fsp3) is 0.963. The molecule has 0 saturated carbocycles. The SMILES string of the molecule is FC(F)(F)C(CCCCI)CC(CC(F)(C(F)(F)F)C(F)(F)F)C(F)(F)F.N#CSCCCCC(CC(CC(F)(C(F)(F)F)C(F)(F)F)C(F)(F)F)C(F)(F)F. The van der Waals surface area contributed by atoms with Gasteiger partial charge >= 0.3 is 49.4 Å². The van der Waals surface area contributed by atoms with Gasteiger partial charge in [0.05, 0.1) is 23.7 Å². The molecule has 0 bridgehead atoms. The molecule has 0 N–H and O–H groups in total. The van der Waals surface area contributed by atoms with Gasteiger partial charge in [-0.1, -0.05) is 35.4 Å². The van der Waals surface area contributed by atoms with E-state index in [-0.39, 0.29) is 31.4 Å². The molecule has 0 heterocycles. The Hall–Kier alpha value is -1.25. The number of unbranched alkanes of at least 4 members (excludes halogenated alkanes) is 2. The Balaban J connectivity index is 0. The van der Waals surface area contributed by atoms with Gasteiger partial charge in [-0.25, -0.2) is 8.78 Å². The van der Waals surface area contributed by atoms with Crippen LogP contribution in [-0.4, -0.2) is 70.9 Å². The lowest BCUT2D eigenvalue weighted by atomic mass is 9.82. The van der Waals surface area contributed by atoms with E-state index in [1.165, 1.54) is 0 Å². The van der Waals surface area contributed by atoms with Crippen LogP contribution in [0.2, 0.25) is 0 Å². The maximum absolute atomic E-state index is 13.7. The average molecular weight is 1020 g/mol. The molecule has 0 amide bonds. The van der Waals surface area contributed by atoms with Gasteiger partial charge in [0.25, 0.3) is 11.3 Å². The Morgan fingerprint density at radius 1 is 0.411 bits per heavy atom. The van der Waals surface area contributed by atoms with Crippen molar-refractivity contribution in [2.75, 3.05) is 10.2 Å². The lowest BCUT2D eigenvalue weighted by molar-refractivity contribution is -0.354. The summed E-state index contributed by atoms with van der Waals surface area (Å²) in [7, 11) is 0. The first kappa shape index (κ1) is 56.8. The molecule has 0 saturated heterocycles. The Morgan fingerprint density at radius 2 is 0.679 bits per heavy atom. The number of nitrogens with zero attached hydrogens (tertiary/aromatic N) is 1. The lowest BCUT2D eigenvalue weighted by Crippen LogP contribution is -2.55. The van der Waals surface area contributed by atoms with Crippen LogP contribution < -0.4 is 0 Å². The van der Waals surface area contributed by atoms with E-state index in [0.29, 0.717) is 16.2 Å². The monoisotopic (exact) mass is 1020 g/mol. The van der Waals surface area contributed by atoms with Crippen molar-refractivity contribution in [1.29, 1.82) is 5.26 Å². The summed E-state index contributed by atoms with van der Waals surface area (Å²) in [5, 5.41) is 9.82. The number of rotatable bonds is 17. The van der Waals surface area contributed by atoms with E-state index in [4.69, 9.17) is 5.26 Å². The molecule has 4 unspecified atom stereocenters. The van der Waals surface area contributed by atoms with Crippen molar-refractivity contribution in [2.45, 2.75) is 125 Å². The molecule has 0 fully saturated rings. The molecule has 0 aromatic rings. The minimum absolute atomic E-state index is 0.0273. The van der Waals surface area contributed by atoms with Crippen molar-refractivity contribution in [1.82, 2.24) is 0 Å². The minimum atomic E-state index is -6.81. The van der Waals surface area contributed by atoms with Gasteiger partial charge in [-0.3, -0.25) is 0 Å². The molecule has 336 valence electrons. The first-order valence-electron chi connectivity index (χ1n) is 15.0. The molecule has 1 nitrogen and oxygen atoms in total.